The number of nitrogen functional groups attached to an aromatic ring is 1. The van der Waals surface area contributed by atoms with E-state index in [1.165, 1.54) is 6.26 Å². The van der Waals surface area contributed by atoms with E-state index in [0.29, 0.717) is 11.3 Å². The fourth-order valence-electron chi connectivity index (χ4n) is 3.30. The number of nitrogens with two attached hydrogens (primary N) is 1. The second kappa shape index (κ2) is 10.3. The summed E-state index contributed by atoms with van der Waals surface area (Å²) >= 11 is 0. The Morgan fingerprint density at radius 2 is 1.55 bits per heavy atom. The molecule has 4 aromatic rings. The van der Waals surface area contributed by atoms with Gasteiger partial charge in [-0.3, -0.25) is 4.79 Å². The molecule has 0 aliphatic heterocycles. The van der Waals surface area contributed by atoms with E-state index >= 15 is 0 Å². The third-order valence-electron chi connectivity index (χ3n) is 5.02. The minimum atomic E-state index is -0.898. The van der Waals surface area contributed by atoms with Crippen molar-refractivity contribution in [1.29, 1.82) is 0 Å². The molecule has 0 aliphatic rings. The summed E-state index contributed by atoms with van der Waals surface area (Å²) in [6, 6.07) is 24.9. The Kier molecular flexibility index (Phi) is 6.80. The fraction of sp³-hybridized carbons (Fsp3) is 0.115. The number of amides is 1. The molecule has 7 nitrogen and oxygen atoms in total. The first-order valence-corrected chi connectivity index (χ1v) is 10.5. The van der Waals surface area contributed by atoms with Crippen molar-refractivity contribution in [2.45, 2.75) is 19.1 Å². The molecule has 166 valence electrons. The summed E-state index contributed by atoms with van der Waals surface area (Å²) in [6.45, 7) is 0.113. The molecule has 0 aliphatic carbocycles. The highest BCUT2D eigenvalue weighted by Gasteiger charge is 2.25. The third kappa shape index (κ3) is 5.65. The highest BCUT2D eigenvalue weighted by molar-refractivity contribution is 5.95. The van der Waals surface area contributed by atoms with Crippen LogP contribution in [0.2, 0.25) is 0 Å². The lowest BCUT2D eigenvalue weighted by Crippen LogP contribution is -2.43. The monoisotopic (exact) mass is 441 g/mol. The first-order chi connectivity index (χ1) is 16.1. The zero-order chi connectivity index (χ0) is 23.0. The van der Waals surface area contributed by atoms with Crippen LogP contribution in [0.25, 0.3) is 11.5 Å². The molecule has 1 atom stereocenters. The Hall–Kier alpha value is -4.39. The molecule has 1 aromatic heterocycles. The van der Waals surface area contributed by atoms with Gasteiger partial charge in [0.25, 0.3) is 5.91 Å². The van der Waals surface area contributed by atoms with Gasteiger partial charge in [0.1, 0.15) is 18.9 Å². The number of hydrogen-bond acceptors (Lipinski definition) is 6. The van der Waals surface area contributed by atoms with Gasteiger partial charge >= 0.3 is 5.97 Å². The van der Waals surface area contributed by atoms with Crippen LogP contribution < -0.4 is 11.1 Å². The normalized spacial score (nSPS) is 11.5. The topological polar surface area (TPSA) is 107 Å². The van der Waals surface area contributed by atoms with Gasteiger partial charge in [0.05, 0.1) is 5.56 Å². The minimum absolute atomic E-state index is 0.0437. The third-order valence-corrected chi connectivity index (χ3v) is 5.02. The Labute approximate surface area is 191 Å². The Balaban J connectivity index is 1.49. The smallest absolute Gasteiger partial charge is 0.329 e. The van der Waals surface area contributed by atoms with E-state index < -0.39 is 17.9 Å². The molecule has 0 saturated carbocycles. The van der Waals surface area contributed by atoms with Crippen molar-refractivity contribution in [2.24, 2.45) is 0 Å². The average Bonchev–Trinajstić information content (AvgIpc) is 3.34. The molecule has 7 heteroatoms. The number of aromatic nitrogens is 1. The number of esters is 1. The molecule has 0 radical (unpaired) electrons. The van der Waals surface area contributed by atoms with Crippen LogP contribution in [0.15, 0.2) is 95.6 Å². The number of para-hydroxylation sites is 1. The van der Waals surface area contributed by atoms with E-state index in [9.17, 15) is 9.59 Å². The van der Waals surface area contributed by atoms with E-state index in [4.69, 9.17) is 14.9 Å². The highest BCUT2D eigenvalue weighted by atomic mass is 16.5. The number of ether oxygens (including phenoxy) is 1. The van der Waals surface area contributed by atoms with E-state index in [1.807, 2.05) is 60.7 Å². The van der Waals surface area contributed by atoms with Crippen LogP contribution in [0.5, 0.6) is 0 Å². The van der Waals surface area contributed by atoms with Crippen LogP contribution in [-0.4, -0.2) is 22.9 Å². The predicted octanol–water partition coefficient (Wildman–Crippen LogP) is 4.01. The minimum Gasteiger partial charge on any atom is -0.459 e. The van der Waals surface area contributed by atoms with E-state index in [-0.39, 0.29) is 24.6 Å². The molecule has 4 rings (SSSR count). The largest absolute Gasteiger partial charge is 0.459 e. The lowest BCUT2D eigenvalue weighted by atomic mass is 10.1. The maximum Gasteiger partial charge on any atom is 0.329 e. The molecule has 1 amide bonds. The van der Waals surface area contributed by atoms with Crippen LogP contribution in [0, 0.1) is 0 Å². The summed E-state index contributed by atoms with van der Waals surface area (Å²) in [6.07, 6.45) is 1.52. The number of rotatable bonds is 8. The number of anilines is 1. The van der Waals surface area contributed by atoms with Crippen molar-refractivity contribution in [3.8, 4) is 11.5 Å². The molecule has 1 heterocycles. The molecular weight excluding hydrogens is 418 g/mol. The van der Waals surface area contributed by atoms with Gasteiger partial charge in [0, 0.05) is 12.1 Å². The summed E-state index contributed by atoms with van der Waals surface area (Å²) in [5, 5.41) is 2.73. The molecular formula is C26H23N3O4. The zero-order valence-electron chi connectivity index (χ0n) is 17.8. The quantitative estimate of drug-likeness (QED) is 0.316. The maximum absolute atomic E-state index is 12.9. The molecule has 0 fully saturated rings. The number of benzene rings is 3. The van der Waals surface area contributed by atoms with Crippen molar-refractivity contribution in [3.05, 3.63) is 108 Å². The summed E-state index contributed by atoms with van der Waals surface area (Å²) in [5.74, 6) is -0.853. The Bertz CT molecular complexity index is 1220. The first-order valence-electron chi connectivity index (χ1n) is 10.5. The molecule has 0 bridgehead atoms. The number of nitrogens with one attached hydrogen (secondary N) is 1. The second-order valence-corrected chi connectivity index (χ2v) is 7.43. The summed E-state index contributed by atoms with van der Waals surface area (Å²) in [4.78, 5) is 30.0. The standard InChI is InChI=1S/C26H23N3O4/c27-21-14-8-7-13-20(21)25-29-23(17-32-25)24(30)28-22(15-18-9-3-1-4-10-18)26(31)33-16-19-11-5-2-6-12-19/h1-14,17,22H,15-16,27H2,(H,28,30). The van der Waals surface area contributed by atoms with Crippen molar-refractivity contribution in [3.63, 3.8) is 0 Å². The lowest BCUT2D eigenvalue weighted by molar-refractivity contribution is -0.147. The second-order valence-electron chi connectivity index (χ2n) is 7.43. The zero-order valence-corrected chi connectivity index (χ0v) is 17.8. The van der Waals surface area contributed by atoms with E-state index in [2.05, 4.69) is 10.3 Å². The molecule has 3 aromatic carbocycles. The van der Waals surface area contributed by atoms with Crippen LogP contribution >= 0.6 is 0 Å². The van der Waals surface area contributed by atoms with Crippen molar-refractivity contribution in [2.75, 3.05) is 5.73 Å². The van der Waals surface area contributed by atoms with Crippen LogP contribution in [-0.2, 0) is 22.6 Å². The maximum atomic E-state index is 12.9. The van der Waals surface area contributed by atoms with Gasteiger partial charge in [-0.2, -0.15) is 0 Å². The van der Waals surface area contributed by atoms with E-state index in [1.54, 1.807) is 24.3 Å². The van der Waals surface area contributed by atoms with Gasteiger partial charge in [-0.15, -0.1) is 0 Å². The number of hydrogen-bond donors (Lipinski definition) is 2. The number of oxazole rings is 1. The predicted molar refractivity (Wildman–Crippen MR) is 124 cm³/mol. The van der Waals surface area contributed by atoms with Gasteiger partial charge in [-0.25, -0.2) is 9.78 Å². The first kappa shape index (κ1) is 21.8. The molecule has 0 saturated heterocycles. The molecule has 0 spiro atoms. The molecule has 1 unspecified atom stereocenters. The lowest BCUT2D eigenvalue weighted by Gasteiger charge is -2.17. The van der Waals surface area contributed by atoms with Crippen molar-refractivity contribution >= 4 is 17.6 Å². The van der Waals surface area contributed by atoms with Crippen molar-refractivity contribution < 1.29 is 18.7 Å². The highest BCUT2D eigenvalue weighted by Crippen LogP contribution is 2.24. The fourth-order valence-corrected chi connectivity index (χ4v) is 3.30. The Morgan fingerprint density at radius 1 is 0.909 bits per heavy atom. The average molecular weight is 441 g/mol. The van der Waals surface area contributed by atoms with Gasteiger partial charge in [-0.05, 0) is 23.3 Å². The van der Waals surface area contributed by atoms with Gasteiger partial charge in [0.15, 0.2) is 5.69 Å². The SMILES string of the molecule is Nc1ccccc1-c1nc(C(=O)NC(Cc2ccccc2)C(=O)OCc2ccccc2)co1. The summed E-state index contributed by atoms with van der Waals surface area (Å²) in [5.41, 5.74) is 8.82. The summed E-state index contributed by atoms with van der Waals surface area (Å²) < 4.78 is 10.9. The number of carbonyl (C=O) groups excluding carboxylic acids is 2. The van der Waals surface area contributed by atoms with E-state index in [0.717, 1.165) is 11.1 Å². The van der Waals surface area contributed by atoms with Gasteiger partial charge in [0.2, 0.25) is 5.89 Å². The van der Waals surface area contributed by atoms with Crippen molar-refractivity contribution in [1.82, 2.24) is 10.3 Å². The van der Waals surface area contributed by atoms with Gasteiger partial charge < -0.3 is 20.2 Å². The van der Waals surface area contributed by atoms with Crippen LogP contribution in [0.1, 0.15) is 21.6 Å². The Morgan fingerprint density at radius 3 is 2.24 bits per heavy atom. The number of nitrogens with zero attached hydrogens (tertiary/aromatic N) is 1. The summed E-state index contributed by atoms with van der Waals surface area (Å²) in [7, 11) is 0. The van der Waals surface area contributed by atoms with Crippen LogP contribution in [0.4, 0.5) is 5.69 Å². The molecule has 33 heavy (non-hydrogen) atoms. The number of carbonyl (C=O) groups is 2. The molecule has 3 N–H and O–H groups in total. The van der Waals surface area contributed by atoms with Gasteiger partial charge in [-0.1, -0.05) is 72.8 Å². The van der Waals surface area contributed by atoms with Crippen LogP contribution in [0.3, 0.4) is 0 Å².